The van der Waals surface area contributed by atoms with Crippen molar-refractivity contribution in [3.8, 4) is 5.75 Å². The van der Waals surface area contributed by atoms with Crippen molar-refractivity contribution in [3.05, 3.63) is 59.7 Å². The Morgan fingerprint density at radius 3 is 2.52 bits per heavy atom. The molecule has 0 aliphatic heterocycles. The molecule has 0 radical (unpaired) electrons. The molecular weight excluding hydrogens is 284 g/mol. The summed E-state index contributed by atoms with van der Waals surface area (Å²) < 4.78 is 5.60. The fraction of sp³-hybridized carbons (Fsp3) is 0.235. The van der Waals surface area contributed by atoms with Gasteiger partial charge in [-0.3, -0.25) is 4.79 Å². The minimum Gasteiger partial charge on any atom is -0.485 e. The van der Waals surface area contributed by atoms with E-state index in [1.165, 1.54) is 0 Å². The summed E-state index contributed by atoms with van der Waals surface area (Å²) in [5.41, 5.74) is 1.55. The minimum atomic E-state index is -0.0542. The van der Waals surface area contributed by atoms with Crippen LogP contribution in [0.25, 0.3) is 0 Å². The first-order valence-electron chi connectivity index (χ1n) is 6.73. The maximum Gasteiger partial charge on any atom is 0.200 e. The van der Waals surface area contributed by atoms with Crippen LogP contribution in [0, 0.1) is 0 Å². The number of ketones is 1. The Morgan fingerprint density at radius 1 is 1.14 bits per heavy atom. The maximum absolute atomic E-state index is 12.1. The normalized spacial score (nSPS) is 10.4. The zero-order valence-electron chi connectivity index (χ0n) is 11.9. The number of carbonyl (C=O) groups is 1. The fourth-order valence-corrected chi connectivity index (χ4v) is 2.38. The Morgan fingerprint density at radius 2 is 1.86 bits per heavy atom. The Bertz CT molecular complexity index is 593. The molecule has 0 heterocycles. The third kappa shape index (κ3) is 4.34. The van der Waals surface area contributed by atoms with Crippen LogP contribution < -0.4 is 4.74 Å². The van der Waals surface area contributed by atoms with Gasteiger partial charge in [-0.1, -0.05) is 30.3 Å². The SMILES string of the molecule is CSc1ccc(C(=O)COc2ccccc2CCO)cc1. The number of aliphatic hydroxyl groups is 1. The zero-order valence-corrected chi connectivity index (χ0v) is 12.7. The number of Topliss-reactive ketones (excluding diaryl/α,β-unsaturated/α-hetero) is 1. The molecule has 21 heavy (non-hydrogen) atoms. The lowest BCUT2D eigenvalue weighted by atomic mass is 10.1. The Kier molecular flexibility index (Phi) is 5.84. The molecular formula is C17H18O3S. The molecule has 2 aromatic rings. The van der Waals surface area contributed by atoms with Crippen LogP contribution in [0.2, 0.25) is 0 Å². The molecule has 0 spiro atoms. The predicted molar refractivity (Wildman–Crippen MR) is 85.3 cm³/mol. The number of benzene rings is 2. The van der Waals surface area contributed by atoms with Crippen LogP contribution in [0.5, 0.6) is 5.75 Å². The van der Waals surface area contributed by atoms with Crippen LogP contribution in [0.1, 0.15) is 15.9 Å². The summed E-state index contributed by atoms with van der Waals surface area (Å²) in [4.78, 5) is 13.2. The van der Waals surface area contributed by atoms with Gasteiger partial charge < -0.3 is 9.84 Å². The molecule has 4 heteroatoms. The average molecular weight is 302 g/mol. The molecule has 0 fully saturated rings. The van der Waals surface area contributed by atoms with Crippen molar-refractivity contribution in [3.63, 3.8) is 0 Å². The monoisotopic (exact) mass is 302 g/mol. The predicted octanol–water partition coefficient (Wildman–Crippen LogP) is 3.21. The quantitative estimate of drug-likeness (QED) is 0.630. The van der Waals surface area contributed by atoms with Crippen molar-refractivity contribution in [2.45, 2.75) is 11.3 Å². The van der Waals surface area contributed by atoms with Crippen LogP contribution in [-0.2, 0) is 6.42 Å². The molecule has 2 rings (SSSR count). The number of para-hydroxylation sites is 1. The second kappa shape index (κ2) is 7.86. The lowest BCUT2D eigenvalue weighted by molar-refractivity contribution is 0.0920. The van der Waals surface area contributed by atoms with E-state index in [2.05, 4.69) is 0 Å². The molecule has 0 unspecified atom stereocenters. The van der Waals surface area contributed by atoms with E-state index in [-0.39, 0.29) is 19.0 Å². The minimum absolute atomic E-state index is 0.00105. The summed E-state index contributed by atoms with van der Waals surface area (Å²) in [7, 11) is 0. The topological polar surface area (TPSA) is 46.5 Å². The summed E-state index contributed by atoms with van der Waals surface area (Å²) in [5.74, 6) is 0.599. The molecule has 0 atom stereocenters. The summed E-state index contributed by atoms with van der Waals surface area (Å²) >= 11 is 1.64. The smallest absolute Gasteiger partial charge is 0.200 e. The van der Waals surface area contributed by atoms with Gasteiger partial charge in [-0.25, -0.2) is 0 Å². The molecule has 110 valence electrons. The van der Waals surface area contributed by atoms with Crippen molar-refractivity contribution in [2.75, 3.05) is 19.5 Å². The summed E-state index contributed by atoms with van der Waals surface area (Å²) in [6.07, 6.45) is 2.52. The van der Waals surface area contributed by atoms with Gasteiger partial charge in [0, 0.05) is 17.1 Å². The second-order valence-corrected chi connectivity index (χ2v) is 5.40. The number of thioether (sulfide) groups is 1. The second-order valence-electron chi connectivity index (χ2n) is 4.52. The van der Waals surface area contributed by atoms with Crippen LogP contribution >= 0.6 is 11.8 Å². The van der Waals surface area contributed by atoms with Gasteiger partial charge in [0.25, 0.3) is 0 Å². The van der Waals surface area contributed by atoms with Gasteiger partial charge in [-0.15, -0.1) is 11.8 Å². The number of rotatable bonds is 7. The molecule has 0 aliphatic carbocycles. The molecule has 1 N–H and O–H groups in total. The Hall–Kier alpha value is -1.78. The first-order valence-corrected chi connectivity index (χ1v) is 7.96. The van der Waals surface area contributed by atoms with Gasteiger partial charge in [0.15, 0.2) is 12.4 Å². The summed E-state index contributed by atoms with van der Waals surface area (Å²) in [5, 5.41) is 9.02. The first-order chi connectivity index (χ1) is 10.2. The maximum atomic E-state index is 12.1. The standard InChI is InChI=1S/C17H18O3S/c1-21-15-8-6-13(7-9-15)16(19)12-20-17-5-3-2-4-14(17)10-11-18/h2-9,18H,10-12H2,1H3. The van der Waals surface area contributed by atoms with E-state index in [1.54, 1.807) is 11.8 Å². The highest BCUT2D eigenvalue weighted by Gasteiger charge is 2.09. The molecule has 0 saturated heterocycles. The number of hydrogen-bond donors (Lipinski definition) is 1. The van der Waals surface area contributed by atoms with Gasteiger partial charge in [0.1, 0.15) is 5.75 Å². The summed E-state index contributed by atoms with van der Waals surface area (Å²) in [6.45, 7) is 0.0610. The highest BCUT2D eigenvalue weighted by molar-refractivity contribution is 7.98. The number of aliphatic hydroxyl groups excluding tert-OH is 1. The van der Waals surface area contributed by atoms with Crippen molar-refractivity contribution in [1.29, 1.82) is 0 Å². The molecule has 0 aliphatic rings. The molecule has 0 aromatic heterocycles. The molecule has 2 aromatic carbocycles. The fourth-order valence-electron chi connectivity index (χ4n) is 1.98. The van der Waals surface area contributed by atoms with Crippen molar-refractivity contribution >= 4 is 17.5 Å². The van der Waals surface area contributed by atoms with Crippen molar-refractivity contribution in [2.24, 2.45) is 0 Å². The van der Waals surface area contributed by atoms with E-state index in [9.17, 15) is 4.79 Å². The number of hydrogen-bond acceptors (Lipinski definition) is 4. The van der Waals surface area contributed by atoms with Crippen LogP contribution in [0.4, 0.5) is 0 Å². The highest BCUT2D eigenvalue weighted by Crippen LogP contribution is 2.19. The lowest BCUT2D eigenvalue weighted by Gasteiger charge is -2.10. The number of carbonyl (C=O) groups excluding carboxylic acids is 1. The molecule has 0 saturated carbocycles. The zero-order chi connectivity index (χ0) is 15.1. The van der Waals surface area contributed by atoms with E-state index in [4.69, 9.17) is 9.84 Å². The van der Waals surface area contributed by atoms with Crippen molar-refractivity contribution in [1.82, 2.24) is 0 Å². The van der Waals surface area contributed by atoms with Gasteiger partial charge in [0.05, 0.1) is 0 Å². The third-order valence-electron chi connectivity index (χ3n) is 3.12. The lowest BCUT2D eigenvalue weighted by Crippen LogP contribution is -2.12. The van der Waals surface area contributed by atoms with E-state index < -0.39 is 0 Å². The van der Waals surface area contributed by atoms with Crippen molar-refractivity contribution < 1.29 is 14.6 Å². The summed E-state index contributed by atoms with van der Waals surface area (Å²) in [6, 6.07) is 14.9. The van der Waals surface area contributed by atoms with E-state index in [1.807, 2.05) is 54.8 Å². The Labute approximate surface area is 129 Å². The van der Waals surface area contributed by atoms with E-state index in [0.29, 0.717) is 17.7 Å². The molecule has 0 bridgehead atoms. The van der Waals surface area contributed by atoms with E-state index >= 15 is 0 Å². The van der Waals surface area contributed by atoms with Crippen LogP contribution in [0.15, 0.2) is 53.4 Å². The molecule has 0 amide bonds. The van der Waals surface area contributed by atoms with Gasteiger partial charge in [-0.2, -0.15) is 0 Å². The van der Waals surface area contributed by atoms with Crippen LogP contribution in [-0.4, -0.2) is 30.4 Å². The largest absolute Gasteiger partial charge is 0.485 e. The van der Waals surface area contributed by atoms with Crippen LogP contribution in [0.3, 0.4) is 0 Å². The van der Waals surface area contributed by atoms with E-state index in [0.717, 1.165) is 10.5 Å². The Balaban J connectivity index is 2.00. The van der Waals surface area contributed by atoms with Gasteiger partial charge in [0.2, 0.25) is 0 Å². The average Bonchev–Trinajstić information content (AvgIpc) is 2.54. The van der Waals surface area contributed by atoms with Gasteiger partial charge in [-0.05, 0) is 36.4 Å². The number of ether oxygens (including phenoxy) is 1. The third-order valence-corrected chi connectivity index (χ3v) is 3.87. The van der Waals surface area contributed by atoms with Gasteiger partial charge >= 0.3 is 0 Å². The molecule has 3 nitrogen and oxygen atoms in total. The first kappa shape index (κ1) is 15.6. The highest BCUT2D eigenvalue weighted by atomic mass is 32.2.